The lowest BCUT2D eigenvalue weighted by molar-refractivity contribution is 0.244. The number of allylic oxidation sites excluding steroid dienone is 7. The summed E-state index contributed by atoms with van der Waals surface area (Å²) in [6.07, 6.45) is 12.3. The lowest BCUT2D eigenvalue weighted by Gasteiger charge is -2.41. The summed E-state index contributed by atoms with van der Waals surface area (Å²) in [6.45, 7) is 0. The van der Waals surface area contributed by atoms with Crippen molar-refractivity contribution in [2.24, 2.45) is 11.8 Å². The maximum atomic E-state index is 6.11. The highest BCUT2D eigenvalue weighted by molar-refractivity contribution is 5.80. The monoisotopic (exact) mass is 260 g/mol. The van der Waals surface area contributed by atoms with Gasteiger partial charge in [0.15, 0.2) is 0 Å². The van der Waals surface area contributed by atoms with Crippen molar-refractivity contribution in [2.45, 2.75) is 0 Å². The van der Waals surface area contributed by atoms with E-state index < -0.39 is 0 Å². The molecule has 0 N–H and O–H groups in total. The molecule has 2 heteroatoms. The van der Waals surface area contributed by atoms with Gasteiger partial charge >= 0.3 is 0 Å². The quantitative estimate of drug-likeness (QED) is 0.703. The fraction of sp³-hybridized carbons (Fsp3) is 0.111. The van der Waals surface area contributed by atoms with Gasteiger partial charge in [0.05, 0.1) is 18.1 Å². The highest BCUT2D eigenvalue weighted by atomic mass is 16.5. The summed E-state index contributed by atoms with van der Waals surface area (Å²) in [5.41, 5.74) is 3.82. The van der Waals surface area contributed by atoms with Gasteiger partial charge in [-0.2, -0.15) is 0 Å². The minimum Gasteiger partial charge on any atom is -0.469 e. The molecular weight excluding hydrogens is 248 g/mol. The molecule has 0 saturated carbocycles. The second kappa shape index (κ2) is 3.54. The summed E-state index contributed by atoms with van der Waals surface area (Å²) in [6, 6.07) is 8.24. The molecule has 0 fully saturated rings. The minimum atomic E-state index is 0.245. The zero-order chi connectivity index (χ0) is 13.1. The molecule has 2 aliphatic heterocycles. The van der Waals surface area contributed by atoms with Crippen LogP contribution in [0.2, 0.25) is 0 Å². The molecule has 4 aliphatic rings. The van der Waals surface area contributed by atoms with Gasteiger partial charge in [-0.15, -0.1) is 0 Å². The first-order valence-electron chi connectivity index (χ1n) is 6.86. The molecule has 2 aliphatic carbocycles. The predicted octanol–water partition coefficient (Wildman–Crippen LogP) is 3.96. The van der Waals surface area contributed by atoms with Crippen LogP contribution in [0.5, 0.6) is 5.75 Å². The number of ether oxygens (including phenoxy) is 2. The van der Waals surface area contributed by atoms with Crippen LogP contribution >= 0.6 is 0 Å². The van der Waals surface area contributed by atoms with E-state index in [1.807, 2.05) is 12.1 Å². The third kappa shape index (κ3) is 1.19. The average Bonchev–Trinajstić information content (AvgIpc) is 2.52. The van der Waals surface area contributed by atoms with Crippen molar-refractivity contribution in [2.75, 3.05) is 0 Å². The van der Waals surface area contributed by atoms with E-state index in [9.17, 15) is 0 Å². The lowest BCUT2D eigenvalue weighted by Crippen LogP contribution is -2.32. The maximum absolute atomic E-state index is 6.11. The van der Waals surface area contributed by atoms with Crippen LogP contribution in [-0.4, -0.2) is 0 Å². The summed E-state index contributed by atoms with van der Waals surface area (Å²) in [5.74, 6) is 3.49. The summed E-state index contributed by atoms with van der Waals surface area (Å²) < 4.78 is 11.8. The van der Waals surface area contributed by atoms with Gasteiger partial charge in [-0.3, -0.25) is 0 Å². The van der Waals surface area contributed by atoms with Crippen LogP contribution in [0, 0.1) is 11.8 Å². The minimum absolute atomic E-state index is 0.245. The van der Waals surface area contributed by atoms with Crippen molar-refractivity contribution in [1.29, 1.82) is 0 Å². The van der Waals surface area contributed by atoms with Crippen LogP contribution in [0.25, 0.3) is 5.57 Å². The number of hydrogen-bond acceptors (Lipinski definition) is 2. The molecule has 1 aromatic rings. The predicted molar refractivity (Wildman–Crippen MR) is 76.5 cm³/mol. The van der Waals surface area contributed by atoms with Crippen molar-refractivity contribution in [3.8, 4) is 5.75 Å². The Hall–Kier alpha value is -2.48. The molecule has 96 valence electrons. The van der Waals surface area contributed by atoms with E-state index in [4.69, 9.17) is 9.47 Å². The molecule has 0 aromatic heterocycles. The Bertz CT molecular complexity index is 774. The van der Waals surface area contributed by atoms with Gasteiger partial charge in [-0.1, -0.05) is 30.4 Å². The van der Waals surface area contributed by atoms with E-state index in [0.29, 0.717) is 0 Å². The molecule has 5 rings (SSSR count). The number of para-hydroxylation sites is 1. The Morgan fingerprint density at radius 3 is 2.75 bits per heavy atom. The van der Waals surface area contributed by atoms with Gasteiger partial charge < -0.3 is 9.47 Å². The van der Waals surface area contributed by atoms with Gasteiger partial charge in [0, 0.05) is 5.56 Å². The zero-order valence-electron chi connectivity index (χ0n) is 10.7. The van der Waals surface area contributed by atoms with E-state index in [1.54, 1.807) is 6.26 Å². The zero-order valence-corrected chi connectivity index (χ0v) is 10.7. The van der Waals surface area contributed by atoms with Crippen LogP contribution in [0.15, 0.2) is 78.0 Å². The summed E-state index contributed by atoms with van der Waals surface area (Å²) in [4.78, 5) is 0. The largest absolute Gasteiger partial charge is 0.469 e. The molecule has 0 amide bonds. The van der Waals surface area contributed by atoms with Gasteiger partial charge in [0.2, 0.25) is 0 Å². The molecule has 0 radical (unpaired) electrons. The first-order chi connectivity index (χ1) is 9.92. The molecule has 20 heavy (non-hydrogen) atoms. The van der Waals surface area contributed by atoms with E-state index in [2.05, 4.69) is 42.5 Å². The number of rotatable bonds is 0. The molecule has 1 aromatic carbocycles. The molecule has 2 heterocycles. The van der Waals surface area contributed by atoms with Gasteiger partial charge in [0.25, 0.3) is 0 Å². The van der Waals surface area contributed by atoms with Crippen molar-refractivity contribution < 1.29 is 9.47 Å². The van der Waals surface area contributed by atoms with Gasteiger partial charge in [0.1, 0.15) is 17.3 Å². The van der Waals surface area contributed by atoms with Crippen molar-refractivity contribution in [3.05, 3.63) is 83.6 Å². The number of fused-ring (bicyclic) bond motifs is 2. The lowest BCUT2D eigenvalue weighted by atomic mass is 9.69. The van der Waals surface area contributed by atoms with Crippen LogP contribution in [-0.2, 0) is 4.74 Å². The smallest absolute Gasteiger partial charge is 0.134 e. The maximum Gasteiger partial charge on any atom is 0.134 e. The van der Waals surface area contributed by atoms with Crippen LogP contribution in [0.1, 0.15) is 5.56 Å². The topological polar surface area (TPSA) is 18.5 Å². The molecule has 2 nitrogen and oxygen atoms in total. The Labute approximate surface area is 117 Å². The summed E-state index contributed by atoms with van der Waals surface area (Å²) in [7, 11) is 0. The second-order valence-corrected chi connectivity index (χ2v) is 5.40. The average molecular weight is 260 g/mol. The Morgan fingerprint density at radius 2 is 1.75 bits per heavy atom. The third-order valence-electron chi connectivity index (χ3n) is 4.40. The number of hydrogen-bond donors (Lipinski definition) is 0. The normalized spacial score (nSPS) is 27.8. The van der Waals surface area contributed by atoms with E-state index >= 15 is 0 Å². The number of benzene rings is 1. The van der Waals surface area contributed by atoms with Crippen molar-refractivity contribution in [3.63, 3.8) is 0 Å². The Balaban J connectivity index is 1.80. The molecular formula is C18H12O2. The molecule has 2 unspecified atom stereocenters. The van der Waals surface area contributed by atoms with Crippen LogP contribution in [0.4, 0.5) is 0 Å². The van der Waals surface area contributed by atoms with Gasteiger partial charge in [-0.05, 0) is 35.4 Å². The highest BCUT2D eigenvalue weighted by Gasteiger charge is 2.43. The summed E-state index contributed by atoms with van der Waals surface area (Å²) in [5, 5.41) is 0. The Kier molecular flexibility index (Phi) is 1.83. The fourth-order valence-electron chi connectivity index (χ4n) is 3.52. The highest BCUT2D eigenvalue weighted by Crippen LogP contribution is 2.53. The first-order valence-corrected chi connectivity index (χ1v) is 6.86. The van der Waals surface area contributed by atoms with Crippen LogP contribution in [0.3, 0.4) is 0 Å². The molecule has 0 spiro atoms. The second-order valence-electron chi connectivity index (χ2n) is 5.40. The third-order valence-corrected chi connectivity index (χ3v) is 4.40. The molecule has 0 saturated heterocycles. The SMILES string of the molecule is C1=CC2=CC=C3Oc4ccccc4C4=CC=C(O1)C2C34. The fourth-order valence-corrected chi connectivity index (χ4v) is 3.52. The van der Waals surface area contributed by atoms with E-state index in [0.717, 1.165) is 17.3 Å². The molecule has 0 bridgehead atoms. The summed E-state index contributed by atoms with van der Waals surface area (Å²) >= 11 is 0. The van der Waals surface area contributed by atoms with Crippen molar-refractivity contribution in [1.82, 2.24) is 0 Å². The van der Waals surface area contributed by atoms with E-state index in [-0.39, 0.29) is 11.8 Å². The van der Waals surface area contributed by atoms with Crippen molar-refractivity contribution >= 4 is 5.57 Å². The van der Waals surface area contributed by atoms with Gasteiger partial charge in [-0.25, -0.2) is 0 Å². The van der Waals surface area contributed by atoms with Crippen LogP contribution < -0.4 is 4.74 Å². The first kappa shape index (κ1) is 10.3. The Morgan fingerprint density at radius 1 is 0.850 bits per heavy atom. The standard InChI is InChI=1S/C18H12O2/c1-2-4-14-12(3-1)13-6-8-15-17-11(9-10-19-15)5-7-16(20-14)18(13)17/h1-10,17-18H. The molecule has 2 atom stereocenters. The van der Waals surface area contributed by atoms with E-state index in [1.165, 1.54) is 16.7 Å².